The normalized spacial score (nSPS) is 10.9. The van der Waals surface area contributed by atoms with Gasteiger partial charge in [0.1, 0.15) is 22.8 Å². The van der Waals surface area contributed by atoms with Crippen LogP contribution in [0.5, 0.6) is 17.2 Å². The van der Waals surface area contributed by atoms with E-state index in [2.05, 4.69) is 6.92 Å². The molecule has 0 aliphatic rings. The minimum absolute atomic E-state index is 0.0125. The van der Waals surface area contributed by atoms with Gasteiger partial charge in [0.05, 0.1) is 17.7 Å². The fraction of sp³-hybridized carbons (Fsp3) is 0.390. The summed E-state index contributed by atoms with van der Waals surface area (Å²) in [6.07, 6.45) is 17.5. The van der Waals surface area contributed by atoms with E-state index in [9.17, 15) is 19.5 Å². The SMILES string of the molecule is CCCCCCCCCCCCCCCCOc1cccc(OC(=O)c2cccc3ccccc23)c1C(=O)Oc1ccc(C(=O)O)cc1. The first kappa shape index (κ1) is 36.2. The molecule has 0 atom stereocenters. The van der Waals surface area contributed by atoms with Crippen LogP contribution in [0, 0.1) is 0 Å². The molecule has 0 aliphatic carbocycles. The number of ether oxygens (including phenoxy) is 3. The number of carboxylic acids is 1. The molecule has 0 bridgehead atoms. The maximum atomic E-state index is 13.6. The summed E-state index contributed by atoms with van der Waals surface area (Å²) < 4.78 is 17.5. The molecule has 0 aliphatic heterocycles. The van der Waals surface area contributed by atoms with Crippen molar-refractivity contribution in [1.29, 1.82) is 0 Å². The summed E-state index contributed by atoms with van der Waals surface area (Å²) in [5.74, 6) is -2.07. The summed E-state index contributed by atoms with van der Waals surface area (Å²) in [6.45, 7) is 2.65. The Bertz CT molecular complexity index is 1600. The topological polar surface area (TPSA) is 99.1 Å². The lowest BCUT2D eigenvalue weighted by molar-refractivity contribution is 0.0689. The first-order chi connectivity index (χ1) is 23.5. The maximum absolute atomic E-state index is 13.6. The summed E-state index contributed by atoms with van der Waals surface area (Å²) in [5, 5.41) is 10.8. The molecule has 1 N–H and O–H groups in total. The van der Waals surface area contributed by atoms with Gasteiger partial charge < -0.3 is 19.3 Å². The number of aromatic carboxylic acids is 1. The monoisotopic (exact) mass is 652 g/mol. The van der Waals surface area contributed by atoms with Gasteiger partial charge in [-0.05, 0) is 59.7 Å². The molecule has 0 aromatic heterocycles. The third kappa shape index (κ3) is 11.3. The number of carbonyl (C=O) groups is 3. The van der Waals surface area contributed by atoms with Crippen molar-refractivity contribution in [1.82, 2.24) is 0 Å². The van der Waals surface area contributed by atoms with Crippen molar-refractivity contribution >= 4 is 28.7 Å². The van der Waals surface area contributed by atoms with E-state index < -0.39 is 17.9 Å². The van der Waals surface area contributed by atoms with E-state index in [4.69, 9.17) is 14.2 Å². The largest absolute Gasteiger partial charge is 0.493 e. The van der Waals surface area contributed by atoms with E-state index in [0.717, 1.165) is 30.0 Å². The number of hydrogen-bond donors (Lipinski definition) is 1. The van der Waals surface area contributed by atoms with Gasteiger partial charge in [0.2, 0.25) is 0 Å². The molecule has 254 valence electrons. The molecule has 4 aromatic carbocycles. The zero-order chi connectivity index (χ0) is 34.0. The Balaban J connectivity index is 1.34. The van der Waals surface area contributed by atoms with E-state index in [1.165, 1.54) is 101 Å². The van der Waals surface area contributed by atoms with Crippen molar-refractivity contribution in [2.45, 2.75) is 96.8 Å². The zero-order valence-corrected chi connectivity index (χ0v) is 28.1. The van der Waals surface area contributed by atoms with Gasteiger partial charge in [-0.15, -0.1) is 0 Å². The molecule has 0 saturated carbocycles. The lowest BCUT2D eigenvalue weighted by Gasteiger charge is -2.15. The van der Waals surface area contributed by atoms with Gasteiger partial charge in [-0.25, -0.2) is 14.4 Å². The summed E-state index contributed by atoms with van der Waals surface area (Å²) >= 11 is 0. The maximum Gasteiger partial charge on any atom is 0.351 e. The molecule has 0 amide bonds. The Hall–Kier alpha value is -4.65. The lowest BCUT2D eigenvalue weighted by atomic mass is 10.0. The van der Waals surface area contributed by atoms with Crippen molar-refractivity contribution in [2.75, 3.05) is 6.61 Å². The first-order valence-corrected chi connectivity index (χ1v) is 17.5. The minimum Gasteiger partial charge on any atom is -0.493 e. The highest BCUT2D eigenvalue weighted by atomic mass is 16.6. The second-order valence-corrected chi connectivity index (χ2v) is 12.2. The molecule has 4 aromatic rings. The number of unbranched alkanes of at least 4 members (excludes halogenated alkanes) is 13. The van der Waals surface area contributed by atoms with Gasteiger partial charge in [-0.1, -0.05) is 133 Å². The second-order valence-electron chi connectivity index (χ2n) is 12.2. The third-order valence-electron chi connectivity index (χ3n) is 8.47. The van der Waals surface area contributed by atoms with Crippen LogP contribution in [-0.2, 0) is 0 Å². The van der Waals surface area contributed by atoms with E-state index >= 15 is 0 Å². The van der Waals surface area contributed by atoms with Gasteiger partial charge in [0.25, 0.3) is 0 Å². The van der Waals surface area contributed by atoms with Crippen LogP contribution in [0.3, 0.4) is 0 Å². The van der Waals surface area contributed by atoms with Crippen LogP contribution in [0.4, 0.5) is 0 Å². The Morgan fingerprint density at radius 1 is 0.562 bits per heavy atom. The van der Waals surface area contributed by atoms with Crippen LogP contribution in [0.25, 0.3) is 10.8 Å². The number of esters is 2. The first-order valence-electron chi connectivity index (χ1n) is 17.5. The van der Waals surface area contributed by atoms with E-state index in [0.29, 0.717) is 12.2 Å². The van der Waals surface area contributed by atoms with Crippen LogP contribution in [0.15, 0.2) is 84.9 Å². The standard InChI is InChI=1S/C41H48O7/c1-2-3-4-5-6-7-8-9-10-11-12-13-14-17-30-46-36-24-19-25-37(38(36)41(45)47-33-28-26-32(27-29-33)39(42)43)48-40(44)35-23-18-21-31-20-15-16-22-34(31)35/h15-16,18-29H,2-14,17,30H2,1H3,(H,42,43). The summed E-state index contributed by atoms with van der Waals surface area (Å²) in [7, 11) is 0. The molecule has 0 saturated heterocycles. The Kier molecular flexibility index (Phi) is 15.0. The molecule has 0 heterocycles. The van der Waals surface area contributed by atoms with Crippen molar-refractivity contribution in [3.8, 4) is 17.2 Å². The van der Waals surface area contributed by atoms with Gasteiger partial charge in [0, 0.05) is 0 Å². The average Bonchev–Trinajstić information content (AvgIpc) is 3.10. The second kappa shape index (κ2) is 19.9. The number of carbonyl (C=O) groups excluding carboxylic acids is 2. The molecule has 0 radical (unpaired) electrons. The van der Waals surface area contributed by atoms with Crippen molar-refractivity contribution < 1.29 is 33.7 Å². The average molecular weight is 653 g/mol. The van der Waals surface area contributed by atoms with E-state index in [1.807, 2.05) is 30.3 Å². The van der Waals surface area contributed by atoms with Gasteiger partial charge in [-0.2, -0.15) is 0 Å². The highest BCUT2D eigenvalue weighted by Crippen LogP contribution is 2.32. The quantitative estimate of drug-likeness (QED) is 0.0543. The number of carboxylic acid groups (broad SMARTS) is 1. The summed E-state index contributed by atoms with van der Waals surface area (Å²) in [6, 6.07) is 23.3. The molecule has 0 spiro atoms. The number of benzene rings is 4. The zero-order valence-electron chi connectivity index (χ0n) is 28.1. The molecule has 0 fully saturated rings. The fourth-order valence-corrected chi connectivity index (χ4v) is 5.78. The number of rotatable bonds is 21. The highest BCUT2D eigenvalue weighted by molar-refractivity contribution is 6.06. The van der Waals surface area contributed by atoms with E-state index in [1.54, 1.807) is 24.3 Å². The van der Waals surface area contributed by atoms with Crippen LogP contribution < -0.4 is 14.2 Å². The Labute approximate surface area is 284 Å². The van der Waals surface area contributed by atoms with Crippen molar-refractivity contribution in [3.05, 3.63) is 102 Å². The molecule has 7 nitrogen and oxygen atoms in total. The predicted molar refractivity (Wildman–Crippen MR) is 190 cm³/mol. The van der Waals surface area contributed by atoms with Gasteiger partial charge in [0.15, 0.2) is 0 Å². The smallest absolute Gasteiger partial charge is 0.351 e. The Morgan fingerprint density at radius 2 is 1.12 bits per heavy atom. The van der Waals surface area contributed by atoms with E-state index in [-0.39, 0.29) is 28.4 Å². The molecule has 7 heteroatoms. The third-order valence-corrected chi connectivity index (χ3v) is 8.47. The minimum atomic E-state index is -1.09. The van der Waals surface area contributed by atoms with Crippen LogP contribution in [-0.4, -0.2) is 29.6 Å². The molecular weight excluding hydrogens is 604 g/mol. The number of fused-ring (bicyclic) bond motifs is 1. The van der Waals surface area contributed by atoms with Crippen LogP contribution in [0.2, 0.25) is 0 Å². The Morgan fingerprint density at radius 3 is 1.77 bits per heavy atom. The van der Waals surface area contributed by atoms with Gasteiger partial charge in [-0.3, -0.25) is 0 Å². The molecule has 4 rings (SSSR count). The molecular formula is C41H48O7. The van der Waals surface area contributed by atoms with Crippen molar-refractivity contribution in [2.24, 2.45) is 0 Å². The molecule has 48 heavy (non-hydrogen) atoms. The van der Waals surface area contributed by atoms with Gasteiger partial charge >= 0.3 is 17.9 Å². The lowest BCUT2D eigenvalue weighted by Crippen LogP contribution is -2.16. The van der Waals surface area contributed by atoms with Crippen molar-refractivity contribution in [3.63, 3.8) is 0 Å². The number of hydrogen-bond acceptors (Lipinski definition) is 6. The molecule has 0 unspecified atom stereocenters. The summed E-state index contributed by atoms with van der Waals surface area (Å²) in [4.78, 5) is 38.2. The highest BCUT2D eigenvalue weighted by Gasteiger charge is 2.24. The fourth-order valence-electron chi connectivity index (χ4n) is 5.78. The van der Waals surface area contributed by atoms with Crippen LogP contribution >= 0.6 is 0 Å². The summed E-state index contributed by atoms with van der Waals surface area (Å²) in [5.41, 5.74) is 0.417. The van der Waals surface area contributed by atoms with Crippen LogP contribution in [0.1, 0.15) is 128 Å². The predicted octanol–water partition coefficient (Wildman–Crippen LogP) is 10.8.